The van der Waals surface area contributed by atoms with Crippen LogP contribution in [0.15, 0.2) is 30.5 Å². The van der Waals surface area contributed by atoms with E-state index in [-0.39, 0.29) is 17.6 Å². The van der Waals surface area contributed by atoms with E-state index in [1.807, 2.05) is 0 Å². The lowest BCUT2D eigenvalue weighted by Crippen LogP contribution is -1.90. The molecule has 0 saturated carbocycles. The van der Waals surface area contributed by atoms with E-state index in [0.717, 1.165) is 6.07 Å². The molecular weight excluding hydrogens is 182 g/mol. The van der Waals surface area contributed by atoms with Crippen molar-refractivity contribution in [3.8, 4) is 23.3 Å². The molecule has 0 fully saturated rings. The van der Waals surface area contributed by atoms with Crippen molar-refractivity contribution in [2.24, 2.45) is 0 Å². The van der Waals surface area contributed by atoms with Crippen LogP contribution in [0.25, 0.3) is 11.5 Å². The maximum atomic E-state index is 9.12. The molecule has 0 aliphatic heterocycles. The van der Waals surface area contributed by atoms with Crippen LogP contribution in [-0.2, 0) is 0 Å². The second kappa shape index (κ2) is 3.29. The molecule has 0 unspecified atom stereocenters. The van der Waals surface area contributed by atoms with Gasteiger partial charge in [0, 0.05) is 6.20 Å². The Balaban J connectivity index is 2.52. The van der Waals surface area contributed by atoms with Gasteiger partial charge in [0.25, 0.3) is 0 Å². The minimum absolute atomic E-state index is 0.197. The Bertz CT molecular complexity index is 425. The molecule has 0 aliphatic carbocycles. The van der Waals surface area contributed by atoms with Crippen molar-refractivity contribution in [3.63, 3.8) is 0 Å². The standard InChI is InChI=1S/C9H7N3O2/c13-7-5-8(14)12-9(11-7)6-3-1-2-4-10-6/h1-5H,(H2,11,12,13,14). The van der Waals surface area contributed by atoms with Crippen molar-refractivity contribution in [1.29, 1.82) is 0 Å². The number of hydrogen-bond donors (Lipinski definition) is 2. The van der Waals surface area contributed by atoms with Gasteiger partial charge in [0.2, 0.25) is 11.8 Å². The van der Waals surface area contributed by atoms with Gasteiger partial charge in [0.1, 0.15) is 5.69 Å². The average Bonchev–Trinajstić information content (AvgIpc) is 2.18. The molecule has 0 spiro atoms. The van der Waals surface area contributed by atoms with Crippen molar-refractivity contribution in [3.05, 3.63) is 30.5 Å². The van der Waals surface area contributed by atoms with E-state index in [0.29, 0.717) is 5.69 Å². The van der Waals surface area contributed by atoms with E-state index >= 15 is 0 Å². The lowest BCUT2D eigenvalue weighted by molar-refractivity contribution is 0.423. The lowest BCUT2D eigenvalue weighted by atomic mass is 10.3. The van der Waals surface area contributed by atoms with Crippen LogP contribution in [0.4, 0.5) is 0 Å². The highest BCUT2D eigenvalue weighted by atomic mass is 16.3. The molecule has 2 aromatic heterocycles. The Morgan fingerprint density at radius 3 is 2.29 bits per heavy atom. The molecule has 0 aromatic carbocycles. The topological polar surface area (TPSA) is 79.1 Å². The van der Waals surface area contributed by atoms with Crippen LogP contribution in [0.5, 0.6) is 11.8 Å². The van der Waals surface area contributed by atoms with Gasteiger partial charge in [-0.15, -0.1) is 0 Å². The highest BCUT2D eigenvalue weighted by Crippen LogP contribution is 2.18. The summed E-state index contributed by atoms with van der Waals surface area (Å²) in [6.45, 7) is 0. The largest absolute Gasteiger partial charge is 0.493 e. The zero-order valence-corrected chi connectivity index (χ0v) is 7.12. The van der Waals surface area contributed by atoms with E-state index in [4.69, 9.17) is 10.2 Å². The normalized spacial score (nSPS) is 10.0. The molecule has 0 bridgehead atoms. The summed E-state index contributed by atoms with van der Waals surface area (Å²) in [6.07, 6.45) is 1.58. The Labute approximate surface area is 79.7 Å². The van der Waals surface area contributed by atoms with Crippen molar-refractivity contribution in [2.45, 2.75) is 0 Å². The first-order valence-electron chi connectivity index (χ1n) is 3.94. The highest BCUT2D eigenvalue weighted by molar-refractivity contribution is 5.49. The number of hydrogen-bond acceptors (Lipinski definition) is 5. The van der Waals surface area contributed by atoms with Gasteiger partial charge in [-0.2, -0.15) is 9.97 Å². The molecule has 2 aromatic rings. The van der Waals surface area contributed by atoms with Crippen molar-refractivity contribution in [1.82, 2.24) is 15.0 Å². The SMILES string of the molecule is Oc1cc(O)nc(-c2ccccn2)n1. The lowest BCUT2D eigenvalue weighted by Gasteiger charge is -1.99. The third-order valence-corrected chi connectivity index (χ3v) is 1.59. The van der Waals surface area contributed by atoms with Crippen LogP contribution in [-0.4, -0.2) is 25.2 Å². The summed E-state index contributed by atoms with van der Waals surface area (Å²) in [5.41, 5.74) is 0.499. The molecule has 14 heavy (non-hydrogen) atoms. The molecule has 2 N–H and O–H groups in total. The molecule has 0 atom stereocenters. The van der Waals surface area contributed by atoms with Crippen LogP contribution >= 0.6 is 0 Å². The van der Waals surface area contributed by atoms with Crippen LogP contribution in [0, 0.1) is 0 Å². The third-order valence-electron chi connectivity index (χ3n) is 1.59. The van der Waals surface area contributed by atoms with E-state index in [9.17, 15) is 0 Å². The minimum atomic E-state index is -0.279. The van der Waals surface area contributed by atoms with E-state index in [1.165, 1.54) is 0 Å². The molecule has 2 heterocycles. The summed E-state index contributed by atoms with van der Waals surface area (Å²) in [6, 6.07) is 6.28. The Hall–Kier alpha value is -2.17. The first kappa shape index (κ1) is 8.43. The summed E-state index contributed by atoms with van der Waals surface area (Å²) in [7, 11) is 0. The maximum absolute atomic E-state index is 9.12. The summed E-state index contributed by atoms with van der Waals surface area (Å²) in [4.78, 5) is 11.4. The smallest absolute Gasteiger partial charge is 0.218 e. The van der Waals surface area contributed by atoms with Gasteiger partial charge in [-0.1, -0.05) is 6.07 Å². The number of aromatic nitrogens is 3. The highest BCUT2D eigenvalue weighted by Gasteiger charge is 2.05. The predicted octanol–water partition coefficient (Wildman–Crippen LogP) is 0.950. The molecule has 0 radical (unpaired) electrons. The zero-order chi connectivity index (χ0) is 9.97. The van der Waals surface area contributed by atoms with Gasteiger partial charge in [0.05, 0.1) is 6.07 Å². The fourth-order valence-electron chi connectivity index (χ4n) is 1.03. The van der Waals surface area contributed by atoms with Crippen molar-refractivity contribution < 1.29 is 10.2 Å². The monoisotopic (exact) mass is 189 g/mol. The molecular formula is C9H7N3O2. The van der Waals surface area contributed by atoms with Crippen molar-refractivity contribution >= 4 is 0 Å². The molecule has 0 amide bonds. The number of aromatic hydroxyl groups is 2. The summed E-state index contributed by atoms with van der Waals surface area (Å²) in [5, 5.41) is 18.2. The molecule has 5 nitrogen and oxygen atoms in total. The molecule has 2 rings (SSSR count). The van der Waals surface area contributed by atoms with Gasteiger partial charge >= 0.3 is 0 Å². The number of pyridine rings is 1. The Morgan fingerprint density at radius 2 is 1.71 bits per heavy atom. The Kier molecular flexibility index (Phi) is 1.98. The van der Waals surface area contributed by atoms with Crippen LogP contribution in [0.1, 0.15) is 0 Å². The quantitative estimate of drug-likeness (QED) is 0.698. The molecule has 0 saturated heterocycles. The molecule has 0 aliphatic rings. The van der Waals surface area contributed by atoms with E-state index in [2.05, 4.69) is 15.0 Å². The van der Waals surface area contributed by atoms with Crippen molar-refractivity contribution in [2.75, 3.05) is 0 Å². The van der Waals surface area contributed by atoms with Gasteiger partial charge in [0.15, 0.2) is 5.82 Å². The van der Waals surface area contributed by atoms with Gasteiger partial charge in [-0.3, -0.25) is 4.98 Å². The summed E-state index contributed by atoms with van der Waals surface area (Å²) >= 11 is 0. The van der Waals surface area contributed by atoms with E-state index in [1.54, 1.807) is 24.4 Å². The van der Waals surface area contributed by atoms with Crippen LogP contribution < -0.4 is 0 Å². The van der Waals surface area contributed by atoms with Gasteiger partial charge in [-0.25, -0.2) is 0 Å². The number of nitrogens with zero attached hydrogens (tertiary/aromatic N) is 3. The zero-order valence-electron chi connectivity index (χ0n) is 7.12. The van der Waals surface area contributed by atoms with Gasteiger partial charge in [-0.05, 0) is 12.1 Å². The molecule has 5 heteroatoms. The average molecular weight is 189 g/mol. The second-order valence-electron chi connectivity index (χ2n) is 2.62. The van der Waals surface area contributed by atoms with Gasteiger partial charge < -0.3 is 10.2 Å². The fourth-order valence-corrected chi connectivity index (χ4v) is 1.03. The minimum Gasteiger partial charge on any atom is -0.493 e. The molecule has 70 valence electrons. The Morgan fingerprint density at radius 1 is 1.00 bits per heavy atom. The van der Waals surface area contributed by atoms with E-state index < -0.39 is 0 Å². The first-order chi connectivity index (χ1) is 6.75. The number of rotatable bonds is 1. The first-order valence-corrected chi connectivity index (χ1v) is 3.94. The summed E-state index contributed by atoms with van der Waals surface area (Å²) < 4.78 is 0. The third kappa shape index (κ3) is 1.61. The summed E-state index contributed by atoms with van der Waals surface area (Å²) in [5.74, 6) is -0.362. The second-order valence-corrected chi connectivity index (χ2v) is 2.62. The predicted molar refractivity (Wildman–Crippen MR) is 48.6 cm³/mol. The maximum Gasteiger partial charge on any atom is 0.218 e. The van der Waals surface area contributed by atoms with Crippen LogP contribution in [0.3, 0.4) is 0 Å². The fraction of sp³-hybridized carbons (Fsp3) is 0. The van der Waals surface area contributed by atoms with Crippen LogP contribution in [0.2, 0.25) is 0 Å².